The quantitative estimate of drug-likeness (QED) is 0.0776. The van der Waals surface area contributed by atoms with Crippen molar-refractivity contribution < 1.29 is 14.3 Å². The van der Waals surface area contributed by atoms with Crippen LogP contribution in [0.15, 0.2) is 99.9 Å². The predicted octanol–water partition coefficient (Wildman–Crippen LogP) is 9.58. The molecule has 0 N–H and O–H groups in total. The van der Waals surface area contributed by atoms with E-state index in [1.54, 1.807) is 12.1 Å². The average molecular weight is 696 g/mol. The van der Waals surface area contributed by atoms with E-state index < -0.39 is 0 Å². The Bertz CT molecular complexity index is 1910. The maximum atomic E-state index is 13.5. The van der Waals surface area contributed by atoms with E-state index in [-0.39, 0.29) is 40.2 Å². The first kappa shape index (κ1) is 38.7. The van der Waals surface area contributed by atoms with Crippen LogP contribution >= 0.6 is 0 Å². The SMILES string of the molecule is CCCCC(CC)C(=O)OCCN(CC)c1ccc(/N=N/c2ccc(-c3ccc(C4=C(C#N)C(=C(C#N)C#N)N(CCCC)C4=O)cc3)cc2)cc1. The Morgan fingerprint density at radius 3 is 1.88 bits per heavy atom. The molecule has 10 heteroatoms. The number of carbonyl (C=O) groups is 2. The van der Waals surface area contributed by atoms with Gasteiger partial charge in [0.1, 0.15) is 24.8 Å². The van der Waals surface area contributed by atoms with E-state index in [0.717, 1.165) is 55.5 Å². The Balaban J connectivity index is 1.40. The van der Waals surface area contributed by atoms with Crippen LogP contribution < -0.4 is 4.90 Å². The first-order chi connectivity index (χ1) is 25.3. The van der Waals surface area contributed by atoms with E-state index in [2.05, 4.69) is 35.0 Å². The number of allylic oxidation sites excluding steroid dienone is 2. The summed E-state index contributed by atoms with van der Waals surface area (Å²) in [5.74, 6) is -0.514. The van der Waals surface area contributed by atoms with Gasteiger partial charge in [-0.05, 0) is 79.3 Å². The monoisotopic (exact) mass is 695 g/mol. The molecule has 266 valence electrons. The van der Waals surface area contributed by atoms with Gasteiger partial charge in [0.2, 0.25) is 0 Å². The van der Waals surface area contributed by atoms with Crippen LogP contribution in [0.4, 0.5) is 17.1 Å². The molecule has 4 rings (SSSR count). The van der Waals surface area contributed by atoms with Crippen molar-refractivity contribution >= 4 is 34.5 Å². The highest BCUT2D eigenvalue weighted by Crippen LogP contribution is 2.38. The van der Waals surface area contributed by atoms with Crippen LogP contribution in [-0.2, 0) is 14.3 Å². The Morgan fingerprint density at radius 1 is 0.808 bits per heavy atom. The number of nitrogens with zero attached hydrogens (tertiary/aromatic N) is 7. The summed E-state index contributed by atoms with van der Waals surface area (Å²) >= 11 is 0. The van der Waals surface area contributed by atoms with E-state index in [0.29, 0.717) is 43.1 Å². The molecule has 0 aliphatic carbocycles. The summed E-state index contributed by atoms with van der Waals surface area (Å²) in [5.41, 5.74) is 4.86. The van der Waals surface area contributed by atoms with Gasteiger partial charge in [0, 0.05) is 18.8 Å². The molecule has 0 saturated carbocycles. The number of nitriles is 3. The molecule has 1 aliphatic rings. The van der Waals surface area contributed by atoms with Gasteiger partial charge in [-0.2, -0.15) is 26.0 Å². The number of amides is 1. The normalized spacial score (nSPS) is 13.1. The Kier molecular flexibility index (Phi) is 14.4. The Morgan fingerprint density at radius 2 is 1.37 bits per heavy atom. The molecule has 3 aromatic rings. The van der Waals surface area contributed by atoms with E-state index in [1.807, 2.05) is 86.6 Å². The molecular formula is C42H45N7O3. The van der Waals surface area contributed by atoms with E-state index in [1.165, 1.54) is 4.90 Å². The summed E-state index contributed by atoms with van der Waals surface area (Å²) < 4.78 is 5.60. The van der Waals surface area contributed by atoms with E-state index >= 15 is 0 Å². The van der Waals surface area contributed by atoms with Gasteiger partial charge in [-0.25, -0.2) is 0 Å². The highest BCUT2D eigenvalue weighted by atomic mass is 16.5. The molecule has 0 radical (unpaired) electrons. The number of carbonyl (C=O) groups excluding carboxylic acids is 2. The lowest BCUT2D eigenvalue weighted by Crippen LogP contribution is -2.29. The first-order valence-corrected chi connectivity index (χ1v) is 18.0. The third kappa shape index (κ3) is 9.38. The van der Waals surface area contributed by atoms with Gasteiger partial charge < -0.3 is 14.5 Å². The topological polar surface area (TPSA) is 146 Å². The summed E-state index contributed by atoms with van der Waals surface area (Å²) in [4.78, 5) is 29.5. The fourth-order valence-electron chi connectivity index (χ4n) is 6.07. The number of esters is 1. The molecule has 1 amide bonds. The summed E-state index contributed by atoms with van der Waals surface area (Å²) in [5, 5.41) is 37.9. The standard InChI is InChI=1S/C42H45N7O3/c1-5-9-11-30(7-3)42(51)52-26-25-48(8-4)37-22-20-36(21-23-37)47-46-35-18-16-32(17-19-35)31-12-14-33(15-13-31)39-38(29-45)40(34(27-43)28-44)49(41(39)50)24-10-6-2/h12-23,30H,5-11,24-26H2,1-4H3/b47-46+. The summed E-state index contributed by atoms with van der Waals surface area (Å²) in [6, 6.07) is 28.5. The molecule has 0 aromatic heterocycles. The number of azo groups is 1. The second-order valence-corrected chi connectivity index (χ2v) is 12.5. The van der Waals surface area contributed by atoms with Gasteiger partial charge in [-0.3, -0.25) is 9.59 Å². The zero-order chi connectivity index (χ0) is 37.5. The summed E-state index contributed by atoms with van der Waals surface area (Å²) in [6.07, 6.45) is 5.26. The van der Waals surface area contributed by atoms with Gasteiger partial charge in [0.05, 0.1) is 40.7 Å². The van der Waals surface area contributed by atoms with Crippen molar-refractivity contribution in [3.63, 3.8) is 0 Å². The zero-order valence-corrected chi connectivity index (χ0v) is 30.4. The fraction of sp³-hybridized carbons (Fsp3) is 0.357. The molecule has 0 spiro atoms. The molecule has 1 heterocycles. The third-order valence-corrected chi connectivity index (χ3v) is 9.11. The maximum absolute atomic E-state index is 13.5. The van der Waals surface area contributed by atoms with Crippen LogP contribution in [0.1, 0.15) is 71.8 Å². The molecule has 0 bridgehead atoms. The number of unbranched alkanes of at least 4 members (excludes halogenated alkanes) is 2. The Hall–Kier alpha value is -6.05. The average Bonchev–Trinajstić information content (AvgIpc) is 3.46. The van der Waals surface area contributed by atoms with Gasteiger partial charge >= 0.3 is 5.97 Å². The van der Waals surface area contributed by atoms with Gasteiger partial charge in [0.15, 0.2) is 5.57 Å². The number of rotatable bonds is 17. The number of benzene rings is 3. The van der Waals surface area contributed by atoms with Gasteiger partial charge in [-0.15, -0.1) is 0 Å². The highest BCUT2D eigenvalue weighted by Gasteiger charge is 2.38. The van der Waals surface area contributed by atoms with Crippen molar-refractivity contribution in [1.29, 1.82) is 15.8 Å². The highest BCUT2D eigenvalue weighted by molar-refractivity contribution is 6.26. The fourth-order valence-corrected chi connectivity index (χ4v) is 6.07. The van der Waals surface area contributed by atoms with Crippen molar-refractivity contribution in [3.8, 4) is 29.3 Å². The molecule has 1 atom stereocenters. The lowest BCUT2D eigenvalue weighted by atomic mass is 9.97. The minimum atomic E-state index is -0.385. The molecule has 1 aliphatic heterocycles. The number of likely N-dealkylation sites (N-methyl/N-ethyl adjacent to an activating group) is 1. The lowest BCUT2D eigenvalue weighted by Gasteiger charge is -2.23. The van der Waals surface area contributed by atoms with Crippen LogP contribution in [0, 0.1) is 39.9 Å². The van der Waals surface area contributed by atoms with Crippen molar-refractivity contribution in [1.82, 2.24) is 4.90 Å². The van der Waals surface area contributed by atoms with E-state index in [9.17, 15) is 25.4 Å². The molecule has 3 aromatic carbocycles. The van der Waals surface area contributed by atoms with E-state index in [4.69, 9.17) is 4.74 Å². The third-order valence-electron chi connectivity index (χ3n) is 9.11. The van der Waals surface area contributed by atoms with Crippen molar-refractivity contribution in [2.24, 2.45) is 16.1 Å². The molecule has 0 fully saturated rings. The molecule has 52 heavy (non-hydrogen) atoms. The molecule has 10 nitrogen and oxygen atoms in total. The van der Waals surface area contributed by atoms with Crippen LogP contribution in [-0.4, -0.2) is 43.0 Å². The predicted molar refractivity (Wildman–Crippen MR) is 202 cm³/mol. The maximum Gasteiger partial charge on any atom is 0.308 e. The molecule has 1 unspecified atom stereocenters. The van der Waals surface area contributed by atoms with Crippen LogP contribution in [0.3, 0.4) is 0 Å². The van der Waals surface area contributed by atoms with Crippen molar-refractivity contribution in [3.05, 3.63) is 95.2 Å². The number of hydrogen-bond donors (Lipinski definition) is 0. The second-order valence-electron chi connectivity index (χ2n) is 12.5. The van der Waals surface area contributed by atoms with Crippen LogP contribution in [0.25, 0.3) is 16.7 Å². The summed E-state index contributed by atoms with van der Waals surface area (Å²) in [7, 11) is 0. The number of anilines is 1. The van der Waals surface area contributed by atoms with Gasteiger partial charge in [0.25, 0.3) is 5.91 Å². The Labute approximate surface area is 306 Å². The van der Waals surface area contributed by atoms with Gasteiger partial charge in [-0.1, -0.05) is 76.4 Å². The molecule has 0 saturated heterocycles. The lowest BCUT2D eigenvalue weighted by molar-refractivity contribution is -0.148. The first-order valence-electron chi connectivity index (χ1n) is 18.0. The zero-order valence-electron chi connectivity index (χ0n) is 30.4. The van der Waals surface area contributed by atoms with Crippen LogP contribution in [0.2, 0.25) is 0 Å². The smallest absolute Gasteiger partial charge is 0.308 e. The summed E-state index contributed by atoms with van der Waals surface area (Å²) in [6.45, 7) is 10.3. The van der Waals surface area contributed by atoms with Crippen molar-refractivity contribution in [2.75, 3.05) is 31.1 Å². The minimum Gasteiger partial charge on any atom is -0.464 e. The number of ether oxygens (including phenoxy) is 1. The van der Waals surface area contributed by atoms with Crippen LogP contribution in [0.5, 0.6) is 0 Å². The second kappa shape index (κ2) is 19.4. The molecular weight excluding hydrogens is 651 g/mol. The largest absolute Gasteiger partial charge is 0.464 e. The minimum absolute atomic E-state index is 0.0263. The van der Waals surface area contributed by atoms with Crippen molar-refractivity contribution in [2.45, 2.75) is 66.2 Å². The number of hydrogen-bond acceptors (Lipinski definition) is 9.